The molecule has 3 fully saturated rings. The van der Waals surface area contributed by atoms with Gasteiger partial charge >= 0.3 is 36.2 Å². The predicted molar refractivity (Wildman–Crippen MR) is 227 cm³/mol. The Morgan fingerprint density at radius 3 is 2.28 bits per heavy atom. The standard InChI is InChI=1S/C46H47F11N6O6/c1-7-25-19-62-26(20-63(25)40(64)69-41(3,4)5)11-13-32-34-37(35(48)36(58-32)30-17-27(67-23-65-6)16-24-10-12-31(47)29(8-2)33(24)30)59-39(60-38(34)62)66-22-42-14-9-15-61(42)21-28(18-42)68-43(44(49,50)51,45(52,53)54)46(55,56)57/h2,10,12,16-17,25-26,28H,7,9,11,13-15,18-23H2,1,3-6H3/t25?,26-,28+,42?/m1/s1. The van der Waals surface area contributed by atoms with Crippen LogP contribution in [0.4, 0.5) is 58.9 Å². The Balaban J connectivity index is 1.25. The van der Waals surface area contributed by atoms with Crippen LogP contribution in [0.25, 0.3) is 32.9 Å². The molecule has 0 radical (unpaired) electrons. The number of aryl methyl sites for hydroxylation is 1. The number of carbonyl (C=O) groups excluding carboxylic acids is 1. The first-order valence-electron chi connectivity index (χ1n) is 22.0. The molecule has 4 aliphatic heterocycles. The van der Waals surface area contributed by atoms with E-state index in [0.717, 1.165) is 6.07 Å². The van der Waals surface area contributed by atoms with Gasteiger partial charge in [-0.15, -0.1) is 6.42 Å². The topological polar surface area (TPSA) is 112 Å². The number of rotatable bonds is 10. The molecule has 12 nitrogen and oxygen atoms in total. The lowest BCUT2D eigenvalue weighted by Crippen LogP contribution is -2.68. The van der Waals surface area contributed by atoms with Crippen molar-refractivity contribution in [2.24, 2.45) is 0 Å². The number of benzene rings is 2. The third-order valence-electron chi connectivity index (χ3n) is 13.2. The molecule has 4 aliphatic rings. The lowest BCUT2D eigenvalue weighted by molar-refractivity contribution is -0.463. The van der Waals surface area contributed by atoms with Crippen molar-refractivity contribution in [2.45, 2.75) is 120 Å². The van der Waals surface area contributed by atoms with Crippen LogP contribution in [-0.2, 0) is 20.6 Å². The van der Waals surface area contributed by atoms with Crippen LogP contribution >= 0.6 is 0 Å². The molecule has 0 aliphatic carbocycles. The fourth-order valence-electron chi connectivity index (χ4n) is 10.1. The number of ether oxygens (including phenoxy) is 5. The monoisotopic (exact) mass is 988 g/mol. The molecule has 0 bridgehead atoms. The van der Waals surface area contributed by atoms with Gasteiger partial charge in [-0.3, -0.25) is 4.90 Å². The maximum absolute atomic E-state index is 17.8. The maximum Gasteiger partial charge on any atom is 0.435 e. The van der Waals surface area contributed by atoms with E-state index in [0.29, 0.717) is 30.3 Å². The van der Waals surface area contributed by atoms with Gasteiger partial charge in [0.15, 0.2) is 12.6 Å². The summed E-state index contributed by atoms with van der Waals surface area (Å²) < 4.78 is 186. The van der Waals surface area contributed by atoms with Crippen LogP contribution < -0.4 is 14.4 Å². The summed E-state index contributed by atoms with van der Waals surface area (Å²) in [6.45, 7) is 5.89. The molecule has 4 aromatic rings. The summed E-state index contributed by atoms with van der Waals surface area (Å²) in [5.74, 6) is 0.815. The van der Waals surface area contributed by atoms with Crippen LogP contribution in [0.2, 0.25) is 0 Å². The molecule has 2 unspecified atom stereocenters. The molecule has 0 N–H and O–H groups in total. The molecule has 3 saturated heterocycles. The van der Waals surface area contributed by atoms with E-state index >= 15 is 8.78 Å². The van der Waals surface area contributed by atoms with Gasteiger partial charge < -0.3 is 33.5 Å². The molecule has 374 valence electrons. The van der Waals surface area contributed by atoms with Crippen LogP contribution in [0.15, 0.2) is 24.3 Å². The highest BCUT2D eigenvalue weighted by atomic mass is 19.4. The van der Waals surface area contributed by atoms with Gasteiger partial charge in [0, 0.05) is 43.7 Å². The number of fused-ring (bicyclic) bond motifs is 4. The summed E-state index contributed by atoms with van der Waals surface area (Å²) >= 11 is 0. The van der Waals surface area contributed by atoms with Gasteiger partial charge in [0.05, 0.1) is 34.3 Å². The highest BCUT2D eigenvalue weighted by Gasteiger charge is 2.86. The van der Waals surface area contributed by atoms with Crippen LogP contribution in [0.1, 0.15) is 71.1 Å². The van der Waals surface area contributed by atoms with Crippen LogP contribution in [0.5, 0.6) is 11.8 Å². The first-order chi connectivity index (χ1) is 32.3. The summed E-state index contributed by atoms with van der Waals surface area (Å²) in [5.41, 5.74) is -9.33. The van der Waals surface area contributed by atoms with Crippen molar-refractivity contribution < 1.29 is 76.8 Å². The summed E-state index contributed by atoms with van der Waals surface area (Å²) in [6.07, 6.45) is -17.1. The third-order valence-corrected chi connectivity index (χ3v) is 13.2. The van der Waals surface area contributed by atoms with Gasteiger partial charge in [-0.25, -0.2) is 18.6 Å². The number of alkyl halides is 9. The minimum atomic E-state index is -6.93. The van der Waals surface area contributed by atoms with E-state index in [1.54, 1.807) is 31.7 Å². The number of hydrogen-bond donors (Lipinski definition) is 0. The zero-order valence-corrected chi connectivity index (χ0v) is 37.9. The summed E-state index contributed by atoms with van der Waals surface area (Å²) in [6, 6.07) is 4.08. The minimum absolute atomic E-state index is 0.0126. The maximum atomic E-state index is 17.8. The van der Waals surface area contributed by atoms with Gasteiger partial charge in [0.2, 0.25) is 0 Å². The second-order valence-corrected chi connectivity index (χ2v) is 18.7. The molecule has 2 aromatic carbocycles. The van der Waals surface area contributed by atoms with Crippen molar-refractivity contribution in [3.8, 4) is 35.4 Å². The lowest BCUT2D eigenvalue weighted by Gasteiger charge is -2.46. The number of nitrogens with zero attached hydrogens (tertiary/aromatic N) is 6. The van der Waals surface area contributed by atoms with Gasteiger partial charge in [-0.2, -0.15) is 49.5 Å². The Morgan fingerprint density at radius 1 is 0.928 bits per heavy atom. The Labute approximate surface area is 388 Å². The van der Waals surface area contributed by atoms with Crippen LogP contribution in [0, 0.1) is 24.0 Å². The second kappa shape index (κ2) is 17.7. The van der Waals surface area contributed by atoms with E-state index in [1.807, 2.05) is 11.8 Å². The minimum Gasteiger partial charge on any atom is -0.468 e. The Bertz CT molecular complexity index is 2650. The zero-order chi connectivity index (χ0) is 50.2. The normalized spacial score (nSPS) is 22.4. The average Bonchev–Trinajstić information content (AvgIpc) is 3.76. The molecule has 0 spiro atoms. The number of amides is 1. The van der Waals surface area contributed by atoms with Crippen molar-refractivity contribution in [3.05, 3.63) is 47.2 Å². The molecular formula is C46H47F11N6O6. The van der Waals surface area contributed by atoms with E-state index in [4.69, 9.17) is 35.3 Å². The van der Waals surface area contributed by atoms with E-state index < -0.39 is 96.8 Å². The number of anilines is 1. The second-order valence-electron chi connectivity index (χ2n) is 18.7. The van der Waals surface area contributed by atoms with Crippen molar-refractivity contribution in [1.29, 1.82) is 0 Å². The van der Waals surface area contributed by atoms with E-state index in [1.165, 1.54) is 24.1 Å². The Kier molecular flexibility index (Phi) is 12.8. The number of aromatic nitrogens is 3. The number of hydrogen-bond acceptors (Lipinski definition) is 11. The molecule has 23 heteroatoms. The fraction of sp³-hybridized carbons (Fsp3) is 0.565. The number of pyridine rings is 1. The SMILES string of the molecule is C#Cc1c(F)ccc2cc(OCOC)cc(-c3nc4c5c(nc(OCC67CCCN6C[C@@H](OC(C(F)(F)F)(C(F)(F)F)C(F)(F)F)C7)nc5c3F)N3CC(CC)N(C(=O)OC(C)(C)C)C[C@H]3CC4)c12. The molecule has 4 atom stereocenters. The summed E-state index contributed by atoms with van der Waals surface area (Å²) in [4.78, 5) is 32.6. The van der Waals surface area contributed by atoms with Crippen molar-refractivity contribution >= 4 is 33.6 Å². The highest BCUT2D eigenvalue weighted by Crippen LogP contribution is 2.57. The number of terminal acetylenes is 1. The number of carbonyl (C=O) groups is 1. The zero-order valence-electron chi connectivity index (χ0n) is 37.9. The van der Waals surface area contributed by atoms with Crippen LogP contribution in [-0.4, -0.2) is 131 Å². The molecule has 6 heterocycles. The molecule has 8 rings (SSSR count). The van der Waals surface area contributed by atoms with Gasteiger partial charge in [-0.1, -0.05) is 18.9 Å². The van der Waals surface area contributed by atoms with E-state index in [2.05, 4.69) is 15.6 Å². The third kappa shape index (κ3) is 8.78. The lowest BCUT2D eigenvalue weighted by atomic mass is 9.93. The first kappa shape index (κ1) is 49.9. The predicted octanol–water partition coefficient (Wildman–Crippen LogP) is 9.67. The van der Waals surface area contributed by atoms with Crippen molar-refractivity contribution in [3.63, 3.8) is 0 Å². The number of halogens is 11. The summed E-state index contributed by atoms with van der Waals surface area (Å²) in [7, 11) is 1.38. The highest BCUT2D eigenvalue weighted by molar-refractivity contribution is 6.03. The number of methoxy groups -OCH3 is 1. The molecular weight excluding hydrogens is 942 g/mol. The van der Waals surface area contributed by atoms with Crippen LogP contribution in [0.3, 0.4) is 0 Å². The van der Waals surface area contributed by atoms with Crippen molar-refractivity contribution in [2.75, 3.05) is 51.6 Å². The van der Waals surface area contributed by atoms with E-state index in [9.17, 15) is 44.3 Å². The van der Waals surface area contributed by atoms with Gasteiger partial charge in [-0.05, 0) is 89.4 Å². The van der Waals surface area contributed by atoms with Gasteiger partial charge in [0.1, 0.15) is 40.8 Å². The molecule has 2 aromatic heterocycles. The average molecular weight is 989 g/mol. The Morgan fingerprint density at radius 2 is 1.64 bits per heavy atom. The summed E-state index contributed by atoms with van der Waals surface area (Å²) in [5, 5.41) is 0.623. The molecule has 1 amide bonds. The number of piperazine rings is 1. The van der Waals surface area contributed by atoms with Crippen molar-refractivity contribution in [1.82, 2.24) is 24.8 Å². The van der Waals surface area contributed by atoms with E-state index in [-0.39, 0.29) is 83.9 Å². The fourth-order valence-corrected chi connectivity index (χ4v) is 10.1. The first-order valence-corrected chi connectivity index (χ1v) is 22.0. The smallest absolute Gasteiger partial charge is 0.435 e. The molecule has 69 heavy (non-hydrogen) atoms. The molecule has 0 saturated carbocycles. The largest absolute Gasteiger partial charge is 0.468 e. The van der Waals surface area contributed by atoms with Gasteiger partial charge in [0.25, 0.3) is 0 Å². The quantitative estimate of drug-likeness (QED) is 0.0861. The Hall–Kier alpha value is -5.47.